The summed E-state index contributed by atoms with van der Waals surface area (Å²) in [5.41, 5.74) is -0.0799. The van der Waals surface area contributed by atoms with E-state index >= 15 is 0 Å². The van der Waals surface area contributed by atoms with E-state index in [0.717, 1.165) is 5.75 Å². The first-order valence-corrected chi connectivity index (χ1v) is 6.30. The van der Waals surface area contributed by atoms with E-state index in [1.54, 1.807) is 0 Å². The van der Waals surface area contributed by atoms with Crippen LogP contribution in [0.2, 0.25) is 0 Å². The zero-order chi connectivity index (χ0) is 12.3. The number of carbonyl (C=O) groups is 1. The molecule has 0 bridgehead atoms. The van der Waals surface area contributed by atoms with Crippen LogP contribution in [0.4, 0.5) is 0 Å². The Bertz CT molecular complexity index is 355. The Balaban J connectivity index is 2.77. The van der Waals surface area contributed by atoms with Gasteiger partial charge in [0.15, 0.2) is 0 Å². The molecule has 2 atom stereocenters. The van der Waals surface area contributed by atoms with Gasteiger partial charge in [0, 0.05) is 0 Å². The predicted octanol–water partition coefficient (Wildman–Crippen LogP) is 2.59. The SMILES string of the molecule is CCS/C(C#N)=C\[C@@H]1[C@@H](C(=O)OC)C1(C)C. The molecule has 4 heteroatoms. The molecule has 0 unspecified atom stereocenters. The summed E-state index contributed by atoms with van der Waals surface area (Å²) in [6, 6.07) is 2.16. The second-order valence-electron chi connectivity index (χ2n) is 4.42. The van der Waals surface area contributed by atoms with Crippen molar-refractivity contribution in [3.8, 4) is 6.07 Å². The Labute approximate surface area is 101 Å². The molecule has 0 spiro atoms. The highest BCUT2D eigenvalue weighted by Crippen LogP contribution is 2.60. The minimum atomic E-state index is -0.176. The number of hydrogen-bond acceptors (Lipinski definition) is 4. The summed E-state index contributed by atoms with van der Waals surface area (Å²) in [6.45, 7) is 6.06. The van der Waals surface area contributed by atoms with Gasteiger partial charge in [-0.1, -0.05) is 26.8 Å². The fourth-order valence-corrected chi connectivity index (χ4v) is 2.62. The van der Waals surface area contributed by atoms with E-state index in [2.05, 4.69) is 6.07 Å². The van der Waals surface area contributed by atoms with Gasteiger partial charge >= 0.3 is 5.97 Å². The molecule has 0 aromatic carbocycles. The number of nitriles is 1. The van der Waals surface area contributed by atoms with Gasteiger partial charge in [0.05, 0.1) is 17.9 Å². The van der Waals surface area contributed by atoms with Crippen molar-refractivity contribution in [3.63, 3.8) is 0 Å². The highest BCUT2D eigenvalue weighted by atomic mass is 32.2. The van der Waals surface area contributed by atoms with Gasteiger partial charge in [-0.3, -0.25) is 4.79 Å². The first kappa shape index (κ1) is 13.1. The third-order valence-electron chi connectivity index (χ3n) is 3.11. The van der Waals surface area contributed by atoms with E-state index in [4.69, 9.17) is 10.00 Å². The molecule has 1 saturated carbocycles. The molecule has 0 aliphatic heterocycles. The summed E-state index contributed by atoms with van der Waals surface area (Å²) < 4.78 is 4.76. The largest absolute Gasteiger partial charge is 0.469 e. The van der Waals surface area contributed by atoms with Crippen LogP contribution in [0, 0.1) is 28.6 Å². The summed E-state index contributed by atoms with van der Waals surface area (Å²) in [4.78, 5) is 12.2. The van der Waals surface area contributed by atoms with Crippen molar-refractivity contribution >= 4 is 17.7 Å². The lowest BCUT2D eigenvalue weighted by Crippen LogP contribution is -2.07. The number of allylic oxidation sites excluding steroid dienone is 2. The van der Waals surface area contributed by atoms with Gasteiger partial charge in [-0.2, -0.15) is 5.26 Å². The van der Waals surface area contributed by atoms with Gasteiger partial charge in [0.25, 0.3) is 0 Å². The van der Waals surface area contributed by atoms with Crippen LogP contribution in [0.15, 0.2) is 11.0 Å². The molecule has 0 radical (unpaired) electrons. The molecule has 0 N–H and O–H groups in total. The quantitative estimate of drug-likeness (QED) is 0.559. The number of ether oxygens (including phenoxy) is 1. The topological polar surface area (TPSA) is 50.1 Å². The summed E-state index contributed by atoms with van der Waals surface area (Å²) >= 11 is 1.51. The average molecular weight is 239 g/mol. The molecular weight excluding hydrogens is 222 g/mol. The van der Waals surface area contributed by atoms with Crippen LogP contribution in [-0.2, 0) is 9.53 Å². The van der Waals surface area contributed by atoms with Gasteiger partial charge in [-0.15, -0.1) is 11.8 Å². The molecular formula is C12H17NO2S. The van der Waals surface area contributed by atoms with Crippen molar-refractivity contribution in [3.05, 3.63) is 11.0 Å². The number of rotatable bonds is 4. The lowest BCUT2D eigenvalue weighted by atomic mass is 10.1. The molecule has 1 fully saturated rings. The number of esters is 1. The third-order valence-corrected chi connectivity index (χ3v) is 3.93. The van der Waals surface area contributed by atoms with Gasteiger partial charge in [-0.25, -0.2) is 0 Å². The number of hydrogen-bond donors (Lipinski definition) is 0. The fourth-order valence-electron chi connectivity index (χ4n) is 2.00. The van der Waals surface area contributed by atoms with Crippen molar-refractivity contribution in [2.75, 3.05) is 12.9 Å². The van der Waals surface area contributed by atoms with Gasteiger partial charge < -0.3 is 4.74 Å². The Kier molecular flexibility index (Phi) is 4.03. The molecule has 1 aliphatic rings. The van der Waals surface area contributed by atoms with Crippen molar-refractivity contribution < 1.29 is 9.53 Å². The van der Waals surface area contributed by atoms with E-state index in [-0.39, 0.29) is 23.2 Å². The van der Waals surface area contributed by atoms with E-state index in [1.807, 2.05) is 26.8 Å². The molecule has 1 rings (SSSR count). The molecule has 3 nitrogen and oxygen atoms in total. The Morgan fingerprint density at radius 3 is 2.69 bits per heavy atom. The second-order valence-corrected chi connectivity index (χ2v) is 5.73. The van der Waals surface area contributed by atoms with Crippen LogP contribution in [-0.4, -0.2) is 18.8 Å². The maximum Gasteiger partial charge on any atom is 0.309 e. The minimum Gasteiger partial charge on any atom is -0.469 e. The van der Waals surface area contributed by atoms with Crippen molar-refractivity contribution in [2.24, 2.45) is 17.3 Å². The molecule has 0 heterocycles. The Morgan fingerprint density at radius 2 is 2.25 bits per heavy atom. The van der Waals surface area contributed by atoms with E-state index in [0.29, 0.717) is 4.91 Å². The zero-order valence-corrected chi connectivity index (χ0v) is 10.9. The standard InChI is InChI=1S/C12H17NO2S/c1-5-16-8(7-13)6-9-10(11(14)15-4)12(9,2)3/h6,9-10H,5H2,1-4H3/b8-6-/t9-,10+/m1/s1. The maximum atomic E-state index is 11.5. The first-order valence-electron chi connectivity index (χ1n) is 5.31. The van der Waals surface area contributed by atoms with E-state index in [1.165, 1.54) is 18.9 Å². The van der Waals surface area contributed by atoms with Crippen LogP contribution >= 0.6 is 11.8 Å². The molecule has 1 aliphatic carbocycles. The number of nitrogens with zero attached hydrogens (tertiary/aromatic N) is 1. The molecule has 0 aromatic rings. The normalized spacial score (nSPS) is 27.1. The number of thioether (sulfide) groups is 1. The van der Waals surface area contributed by atoms with Crippen molar-refractivity contribution in [1.82, 2.24) is 0 Å². The first-order chi connectivity index (χ1) is 7.48. The molecule has 0 aromatic heterocycles. The monoisotopic (exact) mass is 239 g/mol. The van der Waals surface area contributed by atoms with E-state index < -0.39 is 0 Å². The highest BCUT2D eigenvalue weighted by molar-refractivity contribution is 8.03. The van der Waals surface area contributed by atoms with Crippen LogP contribution in [0.5, 0.6) is 0 Å². The smallest absolute Gasteiger partial charge is 0.309 e. The predicted molar refractivity (Wildman–Crippen MR) is 64.6 cm³/mol. The van der Waals surface area contributed by atoms with Crippen LogP contribution in [0.3, 0.4) is 0 Å². The van der Waals surface area contributed by atoms with Crippen LogP contribution < -0.4 is 0 Å². The highest BCUT2D eigenvalue weighted by Gasteiger charge is 2.61. The average Bonchev–Trinajstić information content (AvgIpc) is 2.78. The summed E-state index contributed by atoms with van der Waals surface area (Å²) in [5, 5.41) is 8.93. The van der Waals surface area contributed by atoms with Crippen molar-refractivity contribution in [1.29, 1.82) is 5.26 Å². The number of carbonyl (C=O) groups excluding carboxylic acids is 1. The fraction of sp³-hybridized carbons (Fsp3) is 0.667. The third kappa shape index (κ3) is 2.41. The van der Waals surface area contributed by atoms with Crippen LogP contribution in [0.1, 0.15) is 20.8 Å². The van der Waals surface area contributed by atoms with Gasteiger partial charge in [-0.05, 0) is 17.1 Å². The van der Waals surface area contributed by atoms with Gasteiger partial charge in [0.1, 0.15) is 6.07 Å². The Morgan fingerprint density at radius 1 is 1.62 bits per heavy atom. The summed E-state index contributed by atoms with van der Waals surface area (Å²) in [5.74, 6) is 0.729. The lowest BCUT2D eigenvalue weighted by molar-refractivity contribution is -0.143. The molecule has 88 valence electrons. The van der Waals surface area contributed by atoms with Crippen LogP contribution in [0.25, 0.3) is 0 Å². The summed E-state index contributed by atoms with van der Waals surface area (Å²) in [7, 11) is 1.41. The lowest BCUT2D eigenvalue weighted by Gasteiger charge is -1.99. The van der Waals surface area contributed by atoms with Crippen molar-refractivity contribution in [2.45, 2.75) is 20.8 Å². The second kappa shape index (κ2) is 4.92. The Hall–Kier alpha value is -0.950. The maximum absolute atomic E-state index is 11.5. The molecule has 0 amide bonds. The van der Waals surface area contributed by atoms with Gasteiger partial charge in [0.2, 0.25) is 0 Å². The molecule has 16 heavy (non-hydrogen) atoms. The molecule has 0 saturated heterocycles. The number of methoxy groups -OCH3 is 1. The summed E-state index contributed by atoms with van der Waals surface area (Å²) in [6.07, 6.45) is 1.91. The van der Waals surface area contributed by atoms with E-state index in [9.17, 15) is 4.79 Å². The zero-order valence-electron chi connectivity index (χ0n) is 10.1. The minimum absolute atomic E-state index is 0.0799.